The van der Waals surface area contributed by atoms with E-state index in [0.717, 1.165) is 12.5 Å². The van der Waals surface area contributed by atoms with Crippen molar-refractivity contribution < 1.29 is 0 Å². The van der Waals surface area contributed by atoms with Gasteiger partial charge in [0.05, 0.1) is 0 Å². The highest BCUT2D eigenvalue weighted by Crippen LogP contribution is 2.26. The molecule has 0 N–H and O–H groups in total. The first kappa shape index (κ1) is 13.9. The van der Waals surface area contributed by atoms with Gasteiger partial charge in [-0.25, -0.2) is 0 Å². The highest BCUT2D eigenvalue weighted by Gasteiger charge is 2.12. The minimum absolute atomic E-state index is 0.795. The summed E-state index contributed by atoms with van der Waals surface area (Å²) in [5.41, 5.74) is 4.03. The van der Waals surface area contributed by atoms with E-state index in [4.69, 9.17) is 0 Å². The van der Waals surface area contributed by atoms with E-state index < -0.39 is 0 Å². The molecule has 0 atom stereocenters. The fraction of sp³-hybridized carbons (Fsp3) is 0.444. The molecule has 0 radical (unpaired) electrons. The van der Waals surface area contributed by atoms with Crippen LogP contribution in [0.1, 0.15) is 39.2 Å². The molecular weight excluding hydrogens is 230 g/mol. The monoisotopic (exact) mass is 255 g/mol. The summed E-state index contributed by atoms with van der Waals surface area (Å²) < 4.78 is 2.34. The van der Waals surface area contributed by atoms with E-state index in [2.05, 4.69) is 62.4 Å². The number of para-hydroxylation sites is 1. The van der Waals surface area contributed by atoms with Crippen molar-refractivity contribution in [3.8, 4) is 0 Å². The normalized spacial score (nSPS) is 11.4. The number of aromatic nitrogens is 1. The van der Waals surface area contributed by atoms with Gasteiger partial charge in [0.15, 0.2) is 0 Å². The summed E-state index contributed by atoms with van der Waals surface area (Å²) in [5.74, 6) is 0.795. The number of nitrogens with zero attached hydrogens (tertiary/aromatic N) is 1. The average Bonchev–Trinajstić information content (AvgIpc) is 2.74. The number of benzene rings is 1. The van der Waals surface area contributed by atoms with E-state index in [9.17, 15) is 0 Å². The van der Waals surface area contributed by atoms with Gasteiger partial charge in [-0.1, -0.05) is 57.0 Å². The second-order valence-corrected chi connectivity index (χ2v) is 5.64. The smallest absolute Gasteiger partial charge is 0.0486 e. The lowest BCUT2D eigenvalue weighted by molar-refractivity contribution is 0.491. The van der Waals surface area contributed by atoms with Crippen molar-refractivity contribution in [1.82, 2.24) is 4.57 Å². The second kappa shape index (κ2) is 6.10. The molecule has 2 rings (SSSR count). The Morgan fingerprint density at radius 3 is 2.53 bits per heavy atom. The lowest BCUT2D eigenvalue weighted by Gasteiger charge is -2.10. The van der Waals surface area contributed by atoms with Crippen molar-refractivity contribution in [3.63, 3.8) is 0 Å². The zero-order chi connectivity index (χ0) is 13.8. The van der Waals surface area contributed by atoms with Crippen molar-refractivity contribution in [3.05, 3.63) is 48.2 Å². The van der Waals surface area contributed by atoms with Crippen molar-refractivity contribution >= 4 is 10.9 Å². The van der Waals surface area contributed by atoms with Crippen LogP contribution in [0.2, 0.25) is 0 Å². The molecule has 0 spiro atoms. The van der Waals surface area contributed by atoms with Gasteiger partial charge in [-0.15, -0.1) is 0 Å². The molecule has 0 saturated heterocycles. The molecule has 0 aliphatic heterocycles. The number of fused-ring (bicyclic) bond motifs is 1. The Morgan fingerprint density at radius 2 is 1.89 bits per heavy atom. The average molecular weight is 255 g/mol. The maximum absolute atomic E-state index is 4.04. The van der Waals surface area contributed by atoms with Crippen LogP contribution >= 0.6 is 0 Å². The molecule has 102 valence electrons. The highest BCUT2D eigenvalue weighted by molar-refractivity contribution is 5.84. The van der Waals surface area contributed by atoms with Crippen molar-refractivity contribution in [2.24, 2.45) is 5.92 Å². The Labute approximate surface area is 116 Å². The van der Waals surface area contributed by atoms with Crippen LogP contribution in [0, 0.1) is 5.92 Å². The lowest BCUT2D eigenvalue weighted by atomic mass is 9.94. The van der Waals surface area contributed by atoms with Crippen LogP contribution < -0.4 is 0 Å². The van der Waals surface area contributed by atoms with Crippen LogP contribution in [0.4, 0.5) is 0 Å². The molecule has 0 amide bonds. The third-order valence-corrected chi connectivity index (χ3v) is 3.97. The summed E-state index contributed by atoms with van der Waals surface area (Å²) in [6, 6.07) is 8.73. The first-order valence-electron chi connectivity index (χ1n) is 7.36. The molecule has 1 aromatic carbocycles. The van der Waals surface area contributed by atoms with Gasteiger partial charge in [-0.2, -0.15) is 0 Å². The van der Waals surface area contributed by atoms with Crippen LogP contribution in [0.5, 0.6) is 0 Å². The minimum atomic E-state index is 0.795. The Balaban J connectivity index is 2.40. The zero-order valence-electron chi connectivity index (χ0n) is 12.4. The molecule has 1 heteroatoms. The first-order chi connectivity index (χ1) is 9.15. The summed E-state index contributed by atoms with van der Waals surface area (Å²) in [4.78, 5) is 0. The van der Waals surface area contributed by atoms with Gasteiger partial charge in [-0.3, -0.25) is 0 Å². The van der Waals surface area contributed by atoms with E-state index in [1.807, 2.05) is 0 Å². The predicted molar refractivity (Wildman–Crippen MR) is 84.5 cm³/mol. The molecule has 0 fully saturated rings. The maximum Gasteiger partial charge on any atom is 0.0486 e. The summed E-state index contributed by atoms with van der Waals surface area (Å²) in [5, 5.41) is 1.41. The molecule has 1 aromatic heterocycles. The fourth-order valence-corrected chi connectivity index (χ4v) is 2.80. The number of hydrogen-bond acceptors (Lipinski definition) is 0. The van der Waals surface area contributed by atoms with Crippen LogP contribution in [0.3, 0.4) is 0 Å². The van der Waals surface area contributed by atoms with Gasteiger partial charge < -0.3 is 4.57 Å². The van der Waals surface area contributed by atoms with Crippen molar-refractivity contribution in [1.29, 1.82) is 0 Å². The van der Waals surface area contributed by atoms with Gasteiger partial charge in [0.2, 0.25) is 0 Å². The topological polar surface area (TPSA) is 4.93 Å². The Hall–Kier alpha value is -1.50. The standard InChI is InChI=1S/C18H25N/c1-5-15(6-2)11-16-13-19(12-14(3)4)18-10-8-7-9-17(16)18/h7-10,13,15H,3,5-6,11-12H2,1-2,4H3. The van der Waals surface area contributed by atoms with E-state index in [-0.39, 0.29) is 0 Å². The van der Waals surface area contributed by atoms with Crippen LogP contribution in [-0.2, 0) is 13.0 Å². The third-order valence-electron chi connectivity index (χ3n) is 3.97. The molecule has 0 saturated carbocycles. The molecule has 0 aliphatic rings. The first-order valence-corrected chi connectivity index (χ1v) is 7.36. The molecule has 1 nitrogen and oxygen atoms in total. The third kappa shape index (κ3) is 3.09. The van der Waals surface area contributed by atoms with Crippen LogP contribution in [-0.4, -0.2) is 4.57 Å². The van der Waals surface area contributed by atoms with E-state index in [1.165, 1.54) is 41.3 Å². The minimum Gasteiger partial charge on any atom is -0.343 e. The number of rotatable bonds is 6. The molecule has 1 heterocycles. The van der Waals surface area contributed by atoms with Gasteiger partial charge in [0.1, 0.15) is 0 Å². The van der Waals surface area contributed by atoms with Crippen LogP contribution in [0.15, 0.2) is 42.6 Å². The number of allylic oxidation sites excluding steroid dienone is 1. The molecule has 0 unspecified atom stereocenters. The lowest BCUT2D eigenvalue weighted by Crippen LogP contribution is -2.01. The van der Waals surface area contributed by atoms with Gasteiger partial charge in [-0.05, 0) is 30.9 Å². The maximum atomic E-state index is 4.04. The summed E-state index contributed by atoms with van der Waals surface area (Å²) in [7, 11) is 0. The van der Waals surface area contributed by atoms with Gasteiger partial charge in [0.25, 0.3) is 0 Å². The summed E-state index contributed by atoms with van der Waals surface area (Å²) in [6.07, 6.45) is 6.04. The summed E-state index contributed by atoms with van der Waals surface area (Å²) >= 11 is 0. The molecule has 0 bridgehead atoms. The van der Waals surface area contributed by atoms with E-state index in [0.29, 0.717) is 0 Å². The van der Waals surface area contributed by atoms with E-state index >= 15 is 0 Å². The molecular formula is C18H25N. The fourth-order valence-electron chi connectivity index (χ4n) is 2.80. The second-order valence-electron chi connectivity index (χ2n) is 5.64. The Bertz CT molecular complexity index is 558. The van der Waals surface area contributed by atoms with Gasteiger partial charge in [0, 0.05) is 23.6 Å². The van der Waals surface area contributed by atoms with Crippen molar-refractivity contribution in [2.75, 3.05) is 0 Å². The van der Waals surface area contributed by atoms with Crippen molar-refractivity contribution in [2.45, 2.75) is 46.6 Å². The zero-order valence-corrected chi connectivity index (χ0v) is 12.4. The Kier molecular flexibility index (Phi) is 4.47. The largest absolute Gasteiger partial charge is 0.343 e. The van der Waals surface area contributed by atoms with Crippen LogP contribution in [0.25, 0.3) is 10.9 Å². The highest BCUT2D eigenvalue weighted by atomic mass is 15.0. The molecule has 0 aliphatic carbocycles. The summed E-state index contributed by atoms with van der Waals surface area (Å²) in [6.45, 7) is 11.6. The van der Waals surface area contributed by atoms with E-state index in [1.54, 1.807) is 0 Å². The molecule has 2 aromatic rings. The number of hydrogen-bond donors (Lipinski definition) is 0. The van der Waals surface area contributed by atoms with Gasteiger partial charge >= 0.3 is 0 Å². The predicted octanol–water partition coefficient (Wildman–Crippen LogP) is 5.20. The SMILES string of the molecule is C=C(C)Cn1cc(CC(CC)CC)c2ccccc21. The quantitative estimate of drug-likeness (QED) is 0.625. The molecule has 19 heavy (non-hydrogen) atoms. The Morgan fingerprint density at radius 1 is 1.21 bits per heavy atom.